The SMILES string of the molecule is CC(C)(C)OCCCCOC1CCN(C(=O)C2CC(OC(C)(C)C)C2)CC1. The summed E-state index contributed by atoms with van der Waals surface area (Å²) in [6.45, 7) is 15.7. The molecular weight excluding hydrogens is 342 g/mol. The molecule has 5 nitrogen and oxygen atoms in total. The lowest BCUT2D eigenvalue weighted by molar-refractivity contribution is -0.155. The highest BCUT2D eigenvalue weighted by Gasteiger charge is 2.39. The van der Waals surface area contributed by atoms with E-state index >= 15 is 0 Å². The van der Waals surface area contributed by atoms with Crippen LogP contribution in [0.15, 0.2) is 0 Å². The normalized spacial score (nSPS) is 24.7. The Bertz CT molecular complexity index is 452. The van der Waals surface area contributed by atoms with Crippen molar-refractivity contribution in [1.82, 2.24) is 4.90 Å². The van der Waals surface area contributed by atoms with E-state index in [1.165, 1.54) is 0 Å². The Morgan fingerprint density at radius 2 is 1.48 bits per heavy atom. The van der Waals surface area contributed by atoms with E-state index in [1.54, 1.807) is 0 Å². The number of hydrogen-bond acceptors (Lipinski definition) is 4. The van der Waals surface area contributed by atoms with Gasteiger partial charge in [-0.1, -0.05) is 0 Å². The predicted octanol–water partition coefficient (Wildman–Crippen LogP) is 4.18. The van der Waals surface area contributed by atoms with E-state index in [4.69, 9.17) is 14.2 Å². The molecule has 2 fully saturated rings. The van der Waals surface area contributed by atoms with Crippen LogP contribution in [-0.2, 0) is 19.0 Å². The maximum atomic E-state index is 12.6. The highest BCUT2D eigenvalue weighted by atomic mass is 16.5. The molecule has 0 unspecified atom stereocenters. The molecule has 1 saturated heterocycles. The van der Waals surface area contributed by atoms with Gasteiger partial charge in [0.05, 0.1) is 23.4 Å². The molecule has 1 amide bonds. The van der Waals surface area contributed by atoms with Crippen molar-refractivity contribution in [3.05, 3.63) is 0 Å². The first kappa shape index (κ1) is 22.6. The summed E-state index contributed by atoms with van der Waals surface area (Å²) in [7, 11) is 0. The second kappa shape index (κ2) is 9.71. The largest absolute Gasteiger partial charge is 0.378 e. The van der Waals surface area contributed by atoms with Crippen molar-refractivity contribution < 1.29 is 19.0 Å². The number of piperidine rings is 1. The second-order valence-electron chi connectivity index (χ2n) is 10.1. The molecule has 0 aromatic carbocycles. The molecule has 2 aliphatic rings. The number of carbonyl (C=O) groups excluding carboxylic acids is 1. The number of unbranched alkanes of at least 4 members (excludes halogenated alkanes) is 1. The second-order valence-corrected chi connectivity index (χ2v) is 10.1. The smallest absolute Gasteiger partial charge is 0.225 e. The molecule has 0 spiro atoms. The van der Waals surface area contributed by atoms with Crippen molar-refractivity contribution >= 4 is 5.91 Å². The topological polar surface area (TPSA) is 48.0 Å². The van der Waals surface area contributed by atoms with Crippen LogP contribution >= 0.6 is 0 Å². The third kappa shape index (κ3) is 8.49. The average Bonchev–Trinajstić information content (AvgIpc) is 2.52. The molecule has 2 rings (SSSR count). The Labute approximate surface area is 166 Å². The van der Waals surface area contributed by atoms with Crippen molar-refractivity contribution in [2.24, 2.45) is 5.92 Å². The molecule has 0 aromatic rings. The van der Waals surface area contributed by atoms with Crippen LogP contribution in [0.5, 0.6) is 0 Å². The predicted molar refractivity (Wildman–Crippen MR) is 108 cm³/mol. The van der Waals surface area contributed by atoms with Crippen LogP contribution in [-0.4, -0.2) is 60.5 Å². The highest BCUT2D eigenvalue weighted by molar-refractivity contribution is 5.80. The van der Waals surface area contributed by atoms with Gasteiger partial charge < -0.3 is 19.1 Å². The summed E-state index contributed by atoms with van der Waals surface area (Å²) < 4.78 is 17.7. The standard InChI is InChI=1S/C22H41NO4/c1-21(2,3)26-14-8-7-13-25-18-9-11-23(12-10-18)20(24)17-15-19(16-17)27-22(4,5)6/h17-19H,7-16H2,1-6H3. The van der Waals surface area contributed by atoms with E-state index in [2.05, 4.69) is 41.5 Å². The molecule has 27 heavy (non-hydrogen) atoms. The maximum Gasteiger partial charge on any atom is 0.225 e. The van der Waals surface area contributed by atoms with Crippen molar-refractivity contribution in [3.63, 3.8) is 0 Å². The fourth-order valence-electron chi connectivity index (χ4n) is 3.70. The molecule has 1 aliphatic carbocycles. The first-order chi connectivity index (χ1) is 12.5. The van der Waals surface area contributed by atoms with Crippen molar-refractivity contribution in [2.45, 2.75) is 103 Å². The third-order valence-corrected chi connectivity index (χ3v) is 5.15. The number of hydrogen-bond donors (Lipinski definition) is 0. The molecule has 5 heteroatoms. The number of carbonyl (C=O) groups is 1. The quantitative estimate of drug-likeness (QED) is 0.590. The molecule has 0 atom stereocenters. The van der Waals surface area contributed by atoms with Crippen LogP contribution in [0.2, 0.25) is 0 Å². The van der Waals surface area contributed by atoms with Gasteiger partial charge in [-0.05, 0) is 80.1 Å². The van der Waals surface area contributed by atoms with Crippen LogP contribution in [0.3, 0.4) is 0 Å². The van der Waals surface area contributed by atoms with Crippen molar-refractivity contribution in [2.75, 3.05) is 26.3 Å². The molecule has 158 valence electrons. The van der Waals surface area contributed by atoms with Gasteiger partial charge in [0.1, 0.15) is 0 Å². The van der Waals surface area contributed by atoms with Gasteiger partial charge in [-0.25, -0.2) is 0 Å². The molecule has 1 aliphatic heterocycles. The summed E-state index contributed by atoms with van der Waals surface area (Å²) in [6, 6.07) is 0. The average molecular weight is 384 g/mol. The maximum absolute atomic E-state index is 12.6. The van der Waals surface area contributed by atoms with E-state index in [0.29, 0.717) is 12.0 Å². The fourth-order valence-corrected chi connectivity index (χ4v) is 3.70. The summed E-state index contributed by atoms with van der Waals surface area (Å²) in [4.78, 5) is 14.7. The lowest BCUT2D eigenvalue weighted by Crippen LogP contribution is -2.49. The van der Waals surface area contributed by atoms with Gasteiger partial charge in [-0.2, -0.15) is 0 Å². The summed E-state index contributed by atoms with van der Waals surface area (Å²) >= 11 is 0. The number of rotatable bonds is 8. The molecule has 0 aromatic heterocycles. The zero-order valence-corrected chi connectivity index (χ0v) is 18.4. The van der Waals surface area contributed by atoms with Gasteiger partial charge in [0, 0.05) is 32.2 Å². The van der Waals surface area contributed by atoms with E-state index in [0.717, 1.165) is 64.8 Å². The minimum atomic E-state index is -0.118. The van der Waals surface area contributed by atoms with Crippen LogP contribution in [0.4, 0.5) is 0 Å². The summed E-state index contributed by atoms with van der Waals surface area (Å²) in [5.74, 6) is 0.485. The minimum Gasteiger partial charge on any atom is -0.378 e. The zero-order valence-electron chi connectivity index (χ0n) is 18.4. The number of nitrogens with zero attached hydrogens (tertiary/aromatic N) is 1. The molecule has 1 heterocycles. The van der Waals surface area contributed by atoms with E-state index < -0.39 is 0 Å². The van der Waals surface area contributed by atoms with Gasteiger partial charge in [-0.15, -0.1) is 0 Å². The Morgan fingerprint density at radius 1 is 0.889 bits per heavy atom. The van der Waals surface area contributed by atoms with Crippen LogP contribution < -0.4 is 0 Å². The molecule has 1 saturated carbocycles. The molecular formula is C22H41NO4. The van der Waals surface area contributed by atoms with Gasteiger partial charge in [0.25, 0.3) is 0 Å². The highest BCUT2D eigenvalue weighted by Crippen LogP contribution is 2.35. The summed E-state index contributed by atoms with van der Waals surface area (Å²) in [5.41, 5.74) is -0.174. The number of likely N-dealkylation sites (tertiary alicyclic amines) is 1. The minimum absolute atomic E-state index is 0.0560. The Kier molecular flexibility index (Phi) is 8.14. The van der Waals surface area contributed by atoms with Crippen molar-refractivity contribution in [1.29, 1.82) is 0 Å². The third-order valence-electron chi connectivity index (χ3n) is 5.15. The Hall–Kier alpha value is -0.650. The summed E-state index contributed by atoms with van der Waals surface area (Å²) in [6.07, 6.45) is 6.29. The van der Waals surface area contributed by atoms with Gasteiger partial charge >= 0.3 is 0 Å². The Balaban J connectivity index is 1.53. The van der Waals surface area contributed by atoms with Gasteiger partial charge in [0.2, 0.25) is 5.91 Å². The number of ether oxygens (including phenoxy) is 3. The summed E-state index contributed by atoms with van der Waals surface area (Å²) in [5, 5.41) is 0. The first-order valence-electron chi connectivity index (χ1n) is 10.8. The van der Waals surface area contributed by atoms with E-state index in [-0.39, 0.29) is 23.2 Å². The van der Waals surface area contributed by atoms with Gasteiger partial charge in [-0.3, -0.25) is 4.79 Å². The zero-order chi connectivity index (χ0) is 20.1. The van der Waals surface area contributed by atoms with Crippen LogP contribution in [0, 0.1) is 5.92 Å². The van der Waals surface area contributed by atoms with Crippen LogP contribution in [0.1, 0.15) is 80.1 Å². The molecule has 0 bridgehead atoms. The van der Waals surface area contributed by atoms with E-state index in [1.807, 2.05) is 4.90 Å². The fraction of sp³-hybridized carbons (Fsp3) is 0.955. The van der Waals surface area contributed by atoms with Crippen molar-refractivity contribution in [3.8, 4) is 0 Å². The van der Waals surface area contributed by atoms with Crippen LogP contribution in [0.25, 0.3) is 0 Å². The lowest BCUT2D eigenvalue weighted by Gasteiger charge is -2.42. The monoisotopic (exact) mass is 383 g/mol. The molecule has 0 N–H and O–H groups in total. The Morgan fingerprint density at radius 3 is 2.04 bits per heavy atom. The lowest BCUT2D eigenvalue weighted by atomic mass is 9.80. The number of amides is 1. The van der Waals surface area contributed by atoms with Gasteiger partial charge in [0.15, 0.2) is 0 Å². The van der Waals surface area contributed by atoms with E-state index in [9.17, 15) is 4.79 Å². The molecule has 0 radical (unpaired) electrons. The first-order valence-corrected chi connectivity index (χ1v) is 10.8.